The lowest BCUT2D eigenvalue weighted by molar-refractivity contribution is -0.142. The van der Waals surface area contributed by atoms with E-state index in [0.29, 0.717) is 19.7 Å². The Labute approximate surface area is 117 Å². The highest BCUT2D eigenvalue weighted by Crippen LogP contribution is 2.22. The molecular weight excluding hydrogens is 258 g/mol. The Bertz CT molecular complexity index is 582. The molecule has 0 N–H and O–H groups in total. The van der Waals surface area contributed by atoms with E-state index in [0.717, 1.165) is 37.1 Å². The van der Waals surface area contributed by atoms with Crippen molar-refractivity contribution in [1.29, 1.82) is 0 Å². The molecule has 20 heavy (non-hydrogen) atoms. The quantitative estimate of drug-likeness (QED) is 0.745. The van der Waals surface area contributed by atoms with Crippen LogP contribution in [0, 0.1) is 0 Å². The van der Waals surface area contributed by atoms with Crippen LogP contribution in [0.25, 0.3) is 0 Å². The van der Waals surface area contributed by atoms with Crippen LogP contribution in [0.3, 0.4) is 0 Å². The molecule has 3 heterocycles. The highest BCUT2D eigenvalue weighted by atomic mass is 16.5. The van der Waals surface area contributed by atoms with Crippen LogP contribution in [-0.2, 0) is 29.0 Å². The number of rotatable bonds is 3. The van der Waals surface area contributed by atoms with Crippen molar-refractivity contribution in [3.8, 4) is 0 Å². The minimum atomic E-state index is -0.152. The third kappa shape index (κ3) is 2.35. The number of nitrogens with zero attached hydrogens (tertiary/aromatic N) is 3. The first-order chi connectivity index (χ1) is 9.69. The van der Waals surface area contributed by atoms with Gasteiger partial charge in [0.15, 0.2) is 0 Å². The number of aromatic nitrogens is 2. The number of hydrogen-bond donors (Lipinski definition) is 0. The summed E-state index contributed by atoms with van der Waals surface area (Å²) in [6, 6.07) is 1.52. The summed E-state index contributed by atoms with van der Waals surface area (Å²) in [5.74, 6) is -0.138. The van der Waals surface area contributed by atoms with Crippen molar-refractivity contribution >= 4 is 5.97 Å². The molecule has 1 saturated heterocycles. The number of carbonyl (C=O) groups excluding carboxylic acids is 1. The van der Waals surface area contributed by atoms with Gasteiger partial charge in [-0.2, -0.15) is 5.10 Å². The van der Waals surface area contributed by atoms with Crippen molar-refractivity contribution in [2.75, 3.05) is 13.2 Å². The van der Waals surface area contributed by atoms with Gasteiger partial charge in [0.1, 0.15) is 6.04 Å². The Kier molecular flexibility index (Phi) is 3.56. The summed E-state index contributed by atoms with van der Waals surface area (Å²) < 4.78 is 6.56. The first-order valence-electron chi connectivity index (χ1n) is 7.19. The molecule has 1 aromatic rings. The van der Waals surface area contributed by atoms with E-state index in [9.17, 15) is 9.59 Å². The number of cyclic esters (lactones) is 1. The van der Waals surface area contributed by atoms with Gasteiger partial charge in [-0.05, 0) is 12.0 Å². The number of aryl methyl sites for hydroxylation is 1. The van der Waals surface area contributed by atoms with Crippen LogP contribution in [0.4, 0.5) is 0 Å². The molecule has 0 amide bonds. The van der Waals surface area contributed by atoms with Crippen LogP contribution in [0.1, 0.15) is 31.0 Å². The van der Waals surface area contributed by atoms with E-state index in [1.54, 1.807) is 10.7 Å². The molecule has 6 nitrogen and oxygen atoms in total. The maximum atomic E-state index is 12.0. The predicted molar refractivity (Wildman–Crippen MR) is 72.3 cm³/mol. The smallest absolute Gasteiger partial charge is 0.323 e. The van der Waals surface area contributed by atoms with Crippen molar-refractivity contribution in [2.45, 2.75) is 45.3 Å². The summed E-state index contributed by atoms with van der Waals surface area (Å²) in [5.41, 5.74) is 1.88. The molecule has 3 rings (SSSR count). The molecule has 0 spiro atoms. The van der Waals surface area contributed by atoms with Gasteiger partial charge >= 0.3 is 5.97 Å². The van der Waals surface area contributed by atoms with Crippen LogP contribution < -0.4 is 5.56 Å². The van der Waals surface area contributed by atoms with Gasteiger partial charge in [0.2, 0.25) is 0 Å². The van der Waals surface area contributed by atoms with Crippen LogP contribution in [0.15, 0.2) is 10.9 Å². The fourth-order valence-electron chi connectivity index (χ4n) is 2.92. The Morgan fingerprint density at radius 1 is 1.45 bits per heavy atom. The lowest BCUT2D eigenvalue weighted by Crippen LogP contribution is -2.43. The molecule has 2 aliphatic rings. The maximum Gasteiger partial charge on any atom is 0.323 e. The van der Waals surface area contributed by atoms with Gasteiger partial charge in [0.05, 0.1) is 12.3 Å². The molecule has 1 atom stereocenters. The number of esters is 1. The zero-order chi connectivity index (χ0) is 14.1. The Balaban J connectivity index is 1.83. The zero-order valence-electron chi connectivity index (χ0n) is 11.7. The maximum absolute atomic E-state index is 12.0. The zero-order valence-corrected chi connectivity index (χ0v) is 11.7. The van der Waals surface area contributed by atoms with Gasteiger partial charge in [-0.1, -0.05) is 6.92 Å². The topological polar surface area (TPSA) is 64.4 Å². The Morgan fingerprint density at radius 2 is 2.30 bits per heavy atom. The second-order valence-corrected chi connectivity index (χ2v) is 5.37. The van der Waals surface area contributed by atoms with Crippen molar-refractivity contribution in [2.24, 2.45) is 0 Å². The standard InChI is InChI=1S/C14H19N3O3/c1-2-5-17-13(18)8-10-9-16(6-3-11(10)15-17)12-4-7-20-14(12)19/h8,12H,2-7,9H2,1H3/t12-/m0/s1. The molecule has 0 bridgehead atoms. The van der Waals surface area contributed by atoms with E-state index < -0.39 is 0 Å². The summed E-state index contributed by atoms with van der Waals surface area (Å²) in [6.07, 6.45) is 2.42. The molecule has 1 fully saturated rings. The monoisotopic (exact) mass is 277 g/mol. The van der Waals surface area contributed by atoms with Gasteiger partial charge in [0.25, 0.3) is 5.56 Å². The molecule has 0 saturated carbocycles. The highest BCUT2D eigenvalue weighted by molar-refractivity contribution is 5.77. The average molecular weight is 277 g/mol. The van der Waals surface area contributed by atoms with Gasteiger partial charge in [-0.3, -0.25) is 14.5 Å². The summed E-state index contributed by atoms with van der Waals surface area (Å²) in [6.45, 7) is 4.60. The summed E-state index contributed by atoms with van der Waals surface area (Å²) in [7, 11) is 0. The fourth-order valence-corrected chi connectivity index (χ4v) is 2.92. The van der Waals surface area contributed by atoms with E-state index in [2.05, 4.69) is 10.00 Å². The van der Waals surface area contributed by atoms with E-state index >= 15 is 0 Å². The number of fused-ring (bicyclic) bond motifs is 1. The predicted octanol–water partition coefficient (Wildman–Crippen LogP) is 0.327. The van der Waals surface area contributed by atoms with Crippen LogP contribution >= 0.6 is 0 Å². The largest absolute Gasteiger partial charge is 0.464 e. The molecule has 0 aromatic carbocycles. The molecule has 2 aliphatic heterocycles. The lowest BCUT2D eigenvalue weighted by atomic mass is 10.0. The minimum absolute atomic E-state index is 0.0542. The number of carbonyl (C=O) groups is 1. The van der Waals surface area contributed by atoms with Gasteiger partial charge in [0, 0.05) is 38.5 Å². The first kappa shape index (κ1) is 13.3. The van der Waals surface area contributed by atoms with E-state index in [1.165, 1.54) is 0 Å². The average Bonchev–Trinajstić information content (AvgIpc) is 2.86. The third-order valence-corrected chi connectivity index (χ3v) is 3.96. The molecule has 0 radical (unpaired) electrons. The second kappa shape index (κ2) is 5.36. The van der Waals surface area contributed by atoms with Gasteiger partial charge < -0.3 is 4.74 Å². The highest BCUT2D eigenvalue weighted by Gasteiger charge is 2.34. The van der Waals surface area contributed by atoms with Crippen molar-refractivity contribution in [3.63, 3.8) is 0 Å². The van der Waals surface area contributed by atoms with Crippen molar-refractivity contribution < 1.29 is 9.53 Å². The van der Waals surface area contributed by atoms with E-state index in [-0.39, 0.29) is 17.6 Å². The number of ether oxygens (including phenoxy) is 1. The molecular formula is C14H19N3O3. The molecule has 0 aliphatic carbocycles. The minimum Gasteiger partial charge on any atom is -0.464 e. The molecule has 6 heteroatoms. The van der Waals surface area contributed by atoms with E-state index in [4.69, 9.17) is 4.74 Å². The Hall–Kier alpha value is -1.69. The molecule has 108 valence electrons. The van der Waals surface area contributed by atoms with Crippen molar-refractivity contribution in [1.82, 2.24) is 14.7 Å². The molecule has 1 aromatic heterocycles. The van der Waals surface area contributed by atoms with Crippen molar-refractivity contribution in [3.05, 3.63) is 27.7 Å². The van der Waals surface area contributed by atoms with Crippen LogP contribution in [-0.4, -0.2) is 39.8 Å². The van der Waals surface area contributed by atoms with Crippen LogP contribution in [0.5, 0.6) is 0 Å². The SMILES string of the molecule is CCCn1nc2c(cc1=O)CN([C@H]1CCOC1=O)CC2. The van der Waals surface area contributed by atoms with E-state index in [1.807, 2.05) is 6.92 Å². The fraction of sp³-hybridized carbons (Fsp3) is 0.643. The van der Waals surface area contributed by atoms with Gasteiger partial charge in [-0.25, -0.2) is 4.68 Å². The van der Waals surface area contributed by atoms with Crippen LogP contribution in [0.2, 0.25) is 0 Å². The lowest BCUT2D eigenvalue weighted by Gasteiger charge is -2.30. The second-order valence-electron chi connectivity index (χ2n) is 5.37. The summed E-state index contributed by atoms with van der Waals surface area (Å²) in [4.78, 5) is 25.7. The normalized spacial score (nSPS) is 22.6. The third-order valence-electron chi connectivity index (χ3n) is 3.96. The molecule has 0 unspecified atom stereocenters. The first-order valence-corrected chi connectivity index (χ1v) is 7.19. The summed E-state index contributed by atoms with van der Waals surface area (Å²) in [5, 5.41) is 4.44. The Morgan fingerprint density at radius 3 is 3.00 bits per heavy atom. The van der Waals surface area contributed by atoms with Gasteiger partial charge in [-0.15, -0.1) is 0 Å². The summed E-state index contributed by atoms with van der Waals surface area (Å²) >= 11 is 0. The number of hydrogen-bond acceptors (Lipinski definition) is 5.